The molecule has 0 atom stereocenters. The number of benzene rings is 3. The molecule has 47 heavy (non-hydrogen) atoms. The van der Waals surface area contributed by atoms with E-state index in [2.05, 4.69) is 10.3 Å². The third-order valence-electron chi connectivity index (χ3n) is 7.06. The van der Waals surface area contributed by atoms with Gasteiger partial charge in [0.25, 0.3) is 5.91 Å². The first-order valence-corrected chi connectivity index (χ1v) is 14.1. The topological polar surface area (TPSA) is 129 Å². The van der Waals surface area contributed by atoms with Gasteiger partial charge in [0.1, 0.15) is 30.4 Å². The minimum atomic E-state index is -4.63. The maximum atomic E-state index is 13.5. The number of hydrogen-bond donors (Lipinski definition) is 3. The van der Waals surface area contributed by atoms with Crippen LogP contribution in [0.4, 0.5) is 29.1 Å². The number of nitrogens with zero attached hydrogens (tertiary/aromatic N) is 2. The fourth-order valence-electron chi connectivity index (χ4n) is 4.84. The fraction of sp³-hybridized carbons (Fsp3) is 0.147. The maximum absolute atomic E-state index is 13.5. The number of nitrogens with one attached hydrogen (secondary N) is 1. The number of nitrogens with two attached hydrogens (primary N) is 1. The van der Waals surface area contributed by atoms with Crippen LogP contribution in [-0.2, 0) is 6.54 Å². The van der Waals surface area contributed by atoms with Gasteiger partial charge in [0.2, 0.25) is 5.43 Å². The zero-order valence-corrected chi connectivity index (χ0v) is 24.8. The Morgan fingerprint density at radius 1 is 0.915 bits per heavy atom. The van der Waals surface area contributed by atoms with E-state index in [1.807, 2.05) is 6.07 Å². The summed E-state index contributed by atoms with van der Waals surface area (Å²) >= 11 is 0. The molecule has 0 aliphatic carbocycles. The van der Waals surface area contributed by atoms with Gasteiger partial charge >= 0.3 is 6.18 Å². The van der Waals surface area contributed by atoms with Crippen molar-refractivity contribution < 1.29 is 36.9 Å². The lowest BCUT2D eigenvalue weighted by molar-refractivity contribution is -0.140. The summed E-state index contributed by atoms with van der Waals surface area (Å²) < 4.78 is 64.8. The number of anilines is 2. The van der Waals surface area contributed by atoms with Crippen molar-refractivity contribution in [3.8, 4) is 44.9 Å². The third-order valence-corrected chi connectivity index (χ3v) is 7.06. The molecule has 5 rings (SSSR count). The number of methoxy groups -OCH3 is 1. The number of aromatic nitrogens is 2. The molecule has 242 valence electrons. The lowest BCUT2D eigenvalue weighted by atomic mass is 10.0. The van der Waals surface area contributed by atoms with Gasteiger partial charge < -0.3 is 30.2 Å². The van der Waals surface area contributed by atoms with Crippen LogP contribution in [0.1, 0.15) is 10.4 Å². The molecule has 0 aliphatic rings. The summed E-state index contributed by atoms with van der Waals surface area (Å²) in [5.41, 5.74) is 7.79. The summed E-state index contributed by atoms with van der Waals surface area (Å²) in [6.07, 6.45) is -1.21. The van der Waals surface area contributed by atoms with Crippen molar-refractivity contribution in [1.29, 1.82) is 0 Å². The Kier molecular flexibility index (Phi) is 9.56. The molecule has 0 unspecified atom stereocenters. The highest BCUT2D eigenvalue weighted by atomic mass is 19.4. The van der Waals surface area contributed by atoms with Gasteiger partial charge in [0.05, 0.1) is 13.7 Å². The molecular formula is C34H28F4N4O5. The normalized spacial score (nSPS) is 11.3. The number of carbonyl (C=O) groups is 1. The quantitative estimate of drug-likeness (QED) is 0.155. The number of ether oxygens (including phenoxy) is 2. The molecule has 0 radical (unpaired) electrons. The van der Waals surface area contributed by atoms with Crippen LogP contribution >= 0.6 is 0 Å². The maximum Gasteiger partial charge on any atom is 0.406 e. The molecular weight excluding hydrogens is 620 g/mol. The van der Waals surface area contributed by atoms with Gasteiger partial charge in [-0.05, 0) is 59.2 Å². The Morgan fingerprint density at radius 2 is 1.57 bits per heavy atom. The predicted octanol–water partition coefficient (Wildman–Crippen LogP) is 6.16. The predicted molar refractivity (Wildman–Crippen MR) is 169 cm³/mol. The van der Waals surface area contributed by atoms with Crippen LogP contribution in [-0.4, -0.2) is 47.1 Å². The lowest BCUT2D eigenvalue weighted by Crippen LogP contribution is -2.27. The molecule has 2 aromatic heterocycles. The molecule has 0 aliphatic heterocycles. The average Bonchev–Trinajstić information content (AvgIpc) is 3.05. The van der Waals surface area contributed by atoms with Gasteiger partial charge in [-0.3, -0.25) is 9.59 Å². The monoisotopic (exact) mass is 648 g/mol. The third kappa shape index (κ3) is 7.76. The van der Waals surface area contributed by atoms with Crippen molar-refractivity contribution in [2.45, 2.75) is 12.7 Å². The number of carbonyl (C=O) groups excluding carboxylic acids is 1. The number of aliphatic hydroxyl groups excluding tert-OH is 1. The van der Waals surface area contributed by atoms with Crippen LogP contribution in [0.15, 0.2) is 96.2 Å². The number of hydrogen-bond acceptors (Lipinski definition) is 7. The van der Waals surface area contributed by atoms with Crippen molar-refractivity contribution in [2.24, 2.45) is 0 Å². The van der Waals surface area contributed by atoms with Crippen LogP contribution in [0, 0.1) is 5.82 Å². The smallest absolute Gasteiger partial charge is 0.406 e. The van der Waals surface area contributed by atoms with E-state index in [1.165, 1.54) is 19.2 Å². The first-order chi connectivity index (χ1) is 22.5. The Labute approximate surface area is 265 Å². The van der Waals surface area contributed by atoms with E-state index in [0.29, 0.717) is 27.2 Å². The van der Waals surface area contributed by atoms with Gasteiger partial charge in [-0.15, -0.1) is 0 Å². The molecule has 0 bridgehead atoms. The van der Waals surface area contributed by atoms with Crippen molar-refractivity contribution in [2.75, 3.05) is 31.4 Å². The van der Waals surface area contributed by atoms with Crippen LogP contribution in [0.2, 0.25) is 0 Å². The van der Waals surface area contributed by atoms with Gasteiger partial charge in [-0.1, -0.05) is 30.3 Å². The summed E-state index contributed by atoms with van der Waals surface area (Å²) in [5.74, 6) is -0.351. The number of halogens is 4. The van der Waals surface area contributed by atoms with Crippen LogP contribution in [0.5, 0.6) is 11.5 Å². The van der Waals surface area contributed by atoms with Gasteiger partial charge in [0, 0.05) is 41.0 Å². The van der Waals surface area contributed by atoms with Crippen molar-refractivity contribution in [3.05, 3.63) is 113 Å². The number of rotatable bonds is 10. The second-order valence-corrected chi connectivity index (χ2v) is 10.3. The highest BCUT2D eigenvalue weighted by Crippen LogP contribution is 2.35. The molecule has 2 heterocycles. The van der Waals surface area contributed by atoms with Crippen LogP contribution in [0.25, 0.3) is 33.4 Å². The second-order valence-electron chi connectivity index (χ2n) is 10.3. The van der Waals surface area contributed by atoms with Crippen LogP contribution in [0.3, 0.4) is 0 Å². The van der Waals surface area contributed by atoms with E-state index in [1.54, 1.807) is 48.7 Å². The minimum Gasteiger partial charge on any atom is -0.493 e. The molecule has 0 spiro atoms. The van der Waals surface area contributed by atoms with Crippen molar-refractivity contribution in [3.63, 3.8) is 0 Å². The lowest BCUT2D eigenvalue weighted by Gasteiger charge is -2.15. The summed E-state index contributed by atoms with van der Waals surface area (Å²) in [7, 11) is 1.50. The molecule has 4 N–H and O–H groups in total. The molecule has 5 aromatic rings. The van der Waals surface area contributed by atoms with Gasteiger partial charge in [0.15, 0.2) is 11.5 Å². The highest BCUT2D eigenvalue weighted by Gasteiger charge is 2.29. The molecule has 0 saturated carbocycles. The number of nitrogen functional groups attached to an aromatic ring is 1. The minimum absolute atomic E-state index is 0.109. The Hall–Kier alpha value is -5.69. The number of aliphatic hydroxyl groups is 1. The van der Waals surface area contributed by atoms with E-state index < -0.39 is 35.4 Å². The highest BCUT2D eigenvalue weighted by molar-refractivity contribution is 6.04. The first kappa shape index (κ1) is 32.7. The second kappa shape index (κ2) is 13.7. The largest absolute Gasteiger partial charge is 0.493 e. The van der Waals surface area contributed by atoms with E-state index >= 15 is 0 Å². The number of alkyl halides is 3. The average molecular weight is 649 g/mol. The summed E-state index contributed by atoms with van der Waals surface area (Å²) in [4.78, 5) is 30.8. The summed E-state index contributed by atoms with van der Waals surface area (Å²) in [6, 6.07) is 18.2. The zero-order chi connectivity index (χ0) is 33.7. The Balaban J connectivity index is 1.41. The van der Waals surface area contributed by atoms with Gasteiger partial charge in [-0.25, -0.2) is 9.37 Å². The van der Waals surface area contributed by atoms with E-state index in [0.717, 1.165) is 35.7 Å². The van der Waals surface area contributed by atoms with Crippen molar-refractivity contribution >= 4 is 17.4 Å². The van der Waals surface area contributed by atoms with E-state index in [-0.39, 0.29) is 35.8 Å². The molecule has 1 amide bonds. The molecule has 9 nitrogen and oxygen atoms in total. The number of amides is 1. The van der Waals surface area contributed by atoms with Crippen LogP contribution < -0.4 is 26.0 Å². The standard InChI is InChI=1S/C34H28F4N4O5/c1-46-30-15-22(6-11-29(30)47-13-12-43)23-14-26(32(39)40-16-23)20-4-9-25(10-5-20)41-33(45)28-18-42(19-34(36,37)38)17-27(31(28)44)21-2-7-24(35)8-3-21/h2-11,14-18,43H,12-13,19H2,1H3,(H2,39,40)(H,41,45). The van der Waals surface area contributed by atoms with E-state index in [4.69, 9.17) is 20.3 Å². The molecule has 13 heteroatoms. The molecule has 3 aromatic carbocycles. The summed E-state index contributed by atoms with van der Waals surface area (Å²) in [5, 5.41) is 11.6. The molecule has 0 saturated heterocycles. The van der Waals surface area contributed by atoms with Gasteiger partial charge in [-0.2, -0.15) is 13.2 Å². The fourth-order valence-corrected chi connectivity index (χ4v) is 4.84. The summed E-state index contributed by atoms with van der Waals surface area (Å²) in [6.45, 7) is -1.48. The first-order valence-electron chi connectivity index (χ1n) is 14.1. The van der Waals surface area contributed by atoms with E-state index in [9.17, 15) is 27.2 Å². The SMILES string of the molecule is COc1cc(-c2cnc(N)c(-c3ccc(NC(=O)c4cn(CC(F)(F)F)cc(-c5ccc(F)cc5)c4=O)cc3)c2)ccc1OCCO. The number of pyridine rings is 2. The Bertz CT molecular complexity index is 1960. The zero-order valence-electron chi connectivity index (χ0n) is 24.8. The molecule has 0 fully saturated rings. The Morgan fingerprint density at radius 3 is 2.23 bits per heavy atom. The van der Waals surface area contributed by atoms with Crippen molar-refractivity contribution in [1.82, 2.24) is 9.55 Å².